The molecule has 1 N–H and O–H groups in total. The number of halogens is 2. The Morgan fingerprint density at radius 2 is 1.59 bits per heavy atom. The summed E-state index contributed by atoms with van der Waals surface area (Å²) in [6.07, 6.45) is 0. The first-order chi connectivity index (χ1) is 16.4. The molecule has 1 heterocycles. The largest absolute Gasteiger partial charge is 0.507 e. The Morgan fingerprint density at radius 3 is 2.35 bits per heavy atom. The molecule has 1 aliphatic rings. The van der Waals surface area contributed by atoms with Gasteiger partial charge in [-0.3, -0.25) is 14.5 Å². The van der Waals surface area contributed by atoms with Gasteiger partial charge in [-0.15, -0.1) is 0 Å². The number of aliphatic hydroxyl groups excluding tert-OH is 1. The summed E-state index contributed by atoms with van der Waals surface area (Å²) in [6, 6.07) is 24.5. The van der Waals surface area contributed by atoms with Crippen molar-refractivity contribution in [2.45, 2.75) is 13.0 Å². The van der Waals surface area contributed by atoms with E-state index in [0.717, 1.165) is 16.3 Å². The number of benzene rings is 4. The van der Waals surface area contributed by atoms with Gasteiger partial charge in [-0.05, 0) is 41.5 Å². The number of Topliss-reactive ketones (excluding diaryl/α,β-unsaturated/α-hetero) is 1. The Bertz CT molecular complexity index is 1500. The van der Waals surface area contributed by atoms with Crippen molar-refractivity contribution in [1.82, 2.24) is 0 Å². The molecule has 6 heteroatoms. The number of carbonyl (C=O) groups excluding carboxylic acids is 2. The van der Waals surface area contributed by atoms with E-state index in [1.54, 1.807) is 24.3 Å². The molecule has 4 nitrogen and oxygen atoms in total. The van der Waals surface area contributed by atoms with Crippen LogP contribution in [0.2, 0.25) is 10.0 Å². The van der Waals surface area contributed by atoms with E-state index in [9.17, 15) is 14.7 Å². The van der Waals surface area contributed by atoms with Crippen LogP contribution in [0, 0.1) is 6.92 Å². The first-order valence-electron chi connectivity index (χ1n) is 10.7. The first kappa shape index (κ1) is 22.2. The molecule has 1 unspecified atom stereocenters. The fourth-order valence-corrected chi connectivity index (χ4v) is 4.76. The number of anilines is 1. The molecule has 0 aromatic heterocycles. The van der Waals surface area contributed by atoms with Gasteiger partial charge in [0.05, 0.1) is 21.7 Å². The molecule has 1 saturated heterocycles. The third-order valence-electron chi connectivity index (χ3n) is 6.03. The summed E-state index contributed by atoms with van der Waals surface area (Å²) in [6.45, 7) is 1.93. The zero-order chi connectivity index (χ0) is 24.0. The normalized spacial score (nSPS) is 17.5. The number of carbonyl (C=O) groups is 2. The van der Waals surface area contributed by atoms with Crippen LogP contribution in [0.4, 0.5) is 5.69 Å². The molecule has 5 rings (SSSR count). The van der Waals surface area contributed by atoms with Crippen LogP contribution in [0.3, 0.4) is 0 Å². The summed E-state index contributed by atoms with van der Waals surface area (Å²) in [5, 5.41) is 13.8. The third kappa shape index (κ3) is 3.65. The van der Waals surface area contributed by atoms with E-state index in [1.807, 2.05) is 67.6 Å². The minimum absolute atomic E-state index is 0.0259. The van der Waals surface area contributed by atoms with E-state index in [0.29, 0.717) is 21.8 Å². The van der Waals surface area contributed by atoms with Crippen molar-refractivity contribution in [3.63, 3.8) is 0 Å². The monoisotopic (exact) mass is 487 g/mol. The van der Waals surface area contributed by atoms with Crippen LogP contribution in [0.1, 0.15) is 22.7 Å². The minimum Gasteiger partial charge on any atom is -0.507 e. The van der Waals surface area contributed by atoms with E-state index in [1.165, 1.54) is 4.90 Å². The molecule has 1 aliphatic heterocycles. The number of nitrogens with zero attached hydrogens (tertiary/aromatic N) is 1. The Hall–Kier alpha value is -3.60. The van der Waals surface area contributed by atoms with Crippen LogP contribution in [-0.2, 0) is 9.59 Å². The molecule has 1 fully saturated rings. The second-order valence-corrected chi connectivity index (χ2v) is 9.02. The number of hydrogen-bond acceptors (Lipinski definition) is 3. The van der Waals surface area contributed by atoms with Gasteiger partial charge in [0.15, 0.2) is 0 Å². The van der Waals surface area contributed by atoms with Crippen molar-refractivity contribution >= 4 is 57.1 Å². The van der Waals surface area contributed by atoms with Gasteiger partial charge in [-0.2, -0.15) is 0 Å². The van der Waals surface area contributed by atoms with Crippen molar-refractivity contribution in [3.8, 4) is 0 Å². The average Bonchev–Trinajstić information content (AvgIpc) is 3.10. The SMILES string of the molecule is Cc1cccc(C2/C(=C(/O)c3cccc4ccccc34)C(=O)C(=O)N2c2ccc(Cl)c(Cl)c2)c1. The fourth-order valence-electron chi connectivity index (χ4n) is 4.47. The lowest BCUT2D eigenvalue weighted by Gasteiger charge is -2.26. The average molecular weight is 488 g/mol. The van der Waals surface area contributed by atoms with Gasteiger partial charge in [0, 0.05) is 11.3 Å². The molecule has 34 heavy (non-hydrogen) atoms. The number of aliphatic hydroxyl groups is 1. The topological polar surface area (TPSA) is 57.6 Å². The van der Waals surface area contributed by atoms with Crippen LogP contribution in [0.15, 0.2) is 90.5 Å². The van der Waals surface area contributed by atoms with Gasteiger partial charge >= 0.3 is 0 Å². The fraction of sp³-hybridized carbons (Fsp3) is 0.0714. The van der Waals surface area contributed by atoms with E-state index in [-0.39, 0.29) is 16.4 Å². The zero-order valence-corrected chi connectivity index (χ0v) is 19.6. The van der Waals surface area contributed by atoms with E-state index < -0.39 is 17.7 Å². The summed E-state index contributed by atoms with van der Waals surface area (Å²) >= 11 is 12.3. The van der Waals surface area contributed by atoms with E-state index >= 15 is 0 Å². The summed E-state index contributed by atoms with van der Waals surface area (Å²) in [5.74, 6) is -1.72. The second-order valence-electron chi connectivity index (χ2n) is 8.21. The van der Waals surface area contributed by atoms with E-state index in [4.69, 9.17) is 23.2 Å². The number of rotatable bonds is 3. The van der Waals surface area contributed by atoms with Crippen molar-refractivity contribution < 1.29 is 14.7 Å². The maximum atomic E-state index is 13.4. The lowest BCUT2D eigenvalue weighted by molar-refractivity contribution is -0.132. The number of aryl methyl sites for hydroxylation is 1. The van der Waals surface area contributed by atoms with Crippen molar-refractivity contribution in [1.29, 1.82) is 0 Å². The predicted octanol–water partition coefficient (Wildman–Crippen LogP) is 7.08. The molecule has 168 valence electrons. The molecule has 0 radical (unpaired) electrons. The molecule has 0 spiro atoms. The van der Waals surface area contributed by atoms with Crippen molar-refractivity contribution in [2.24, 2.45) is 0 Å². The van der Waals surface area contributed by atoms with Gasteiger partial charge in [-0.1, -0.05) is 95.5 Å². The molecule has 0 saturated carbocycles. The van der Waals surface area contributed by atoms with Gasteiger partial charge < -0.3 is 5.11 Å². The van der Waals surface area contributed by atoms with Crippen LogP contribution in [0.25, 0.3) is 16.5 Å². The van der Waals surface area contributed by atoms with Gasteiger partial charge in [-0.25, -0.2) is 0 Å². The molecule has 0 aliphatic carbocycles. The van der Waals surface area contributed by atoms with Crippen molar-refractivity contribution in [3.05, 3.63) is 117 Å². The summed E-state index contributed by atoms with van der Waals surface area (Å²) in [7, 11) is 0. The van der Waals surface area contributed by atoms with Crippen LogP contribution in [-0.4, -0.2) is 16.8 Å². The Kier molecular flexibility index (Phi) is 5.64. The van der Waals surface area contributed by atoms with Crippen LogP contribution in [0.5, 0.6) is 0 Å². The molecular formula is C28H19Cl2NO3. The minimum atomic E-state index is -0.837. The summed E-state index contributed by atoms with van der Waals surface area (Å²) in [4.78, 5) is 28.1. The second kappa shape index (κ2) is 8.64. The Labute approximate surface area is 206 Å². The molecule has 4 aromatic rings. The maximum Gasteiger partial charge on any atom is 0.300 e. The molecule has 1 atom stereocenters. The highest BCUT2D eigenvalue weighted by Gasteiger charge is 2.47. The number of ketones is 1. The molecule has 1 amide bonds. The predicted molar refractivity (Wildman–Crippen MR) is 136 cm³/mol. The standard InChI is InChI=1S/C28H19Cl2NO3/c1-16-6-4-9-18(14-16)25-24(26(32)21-11-5-8-17-7-2-3-10-20(17)21)27(33)28(34)31(25)19-12-13-22(29)23(30)15-19/h2-15,25,32H,1H3/b26-24-. The lowest BCUT2D eigenvalue weighted by atomic mass is 9.92. The highest BCUT2D eigenvalue weighted by molar-refractivity contribution is 6.52. The van der Waals surface area contributed by atoms with E-state index in [2.05, 4.69) is 0 Å². The molecule has 4 aromatic carbocycles. The Balaban J connectivity index is 1.79. The summed E-state index contributed by atoms with van der Waals surface area (Å²) in [5.41, 5.74) is 2.59. The third-order valence-corrected chi connectivity index (χ3v) is 6.77. The molecule has 0 bridgehead atoms. The number of fused-ring (bicyclic) bond motifs is 1. The highest BCUT2D eigenvalue weighted by Crippen LogP contribution is 2.44. The number of hydrogen-bond donors (Lipinski definition) is 1. The van der Waals surface area contributed by atoms with Gasteiger partial charge in [0.1, 0.15) is 5.76 Å². The smallest absolute Gasteiger partial charge is 0.300 e. The number of amides is 1. The van der Waals surface area contributed by atoms with Gasteiger partial charge in [0.25, 0.3) is 11.7 Å². The van der Waals surface area contributed by atoms with Crippen LogP contribution < -0.4 is 4.90 Å². The maximum absolute atomic E-state index is 13.4. The zero-order valence-electron chi connectivity index (χ0n) is 18.1. The quantitative estimate of drug-likeness (QED) is 0.190. The molecular weight excluding hydrogens is 469 g/mol. The summed E-state index contributed by atoms with van der Waals surface area (Å²) < 4.78 is 0. The van der Waals surface area contributed by atoms with Gasteiger partial charge in [0.2, 0.25) is 0 Å². The highest BCUT2D eigenvalue weighted by atomic mass is 35.5. The van der Waals surface area contributed by atoms with Crippen LogP contribution >= 0.6 is 23.2 Å². The van der Waals surface area contributed by atoms with Crippen molar-refractivity contribution in [2.75, 3.05) is 4.90 Å². The lowest BCUT2D eigenvalue weighted by Crippen LogP contribution is -2.29. The Morgan fingerprint density at radius 1 is 0.853 bits per heavy atom. The first-order valence-corrected chi connectivity index (χ1v) is 11.4.